The van der Waals surface area contributed by atoms with Crippen molar-refractivity contribution in [3.63, 3.8) is 0 Å². The second-order valence-corrected chi connectivity index (χ2v) is 8.05. The summed E-state index contributed by atoms with van der Waals surface area (Å²) < 4.78 is 9.69. The van der Waals surface area contributed by atoms with Crippen LogP contribution in [-0.2, 0) is 16.1 Å². The molecule has 2 aromatic rings. The van der Waals surface area contributed by atoms with E-state index in [1.165, 1.54) is 37.8 Å². The standard InChI is InChI=1S/C26H30N2O5/c1-3-32-26(31)33-23-14-10-21(11-15-23)25(30)27-17-19-8-12-22(13-9-19)28-24(29)16-18(2)20-6-4-5-7-20/h8-16,20H,3-7,17H2,1-2H3,(H,27,30)(H,28,29)/b18-16+. The molecule has 0 saturated heterocycles. The molecule has 0 bridgehead atoms. The Morgan fingerprint density at radius 3 is 2.30 bits per heavy atom. The Hall–Kier alpha value is -3.61. The van der Waals surface area contributed by atoms with Crippen LogP contribution in [0.5, 0.6) is 5.75 Å². The summed E-state index contributed by atoms with van der Waals surface area (Å²) in [6.07, 6.45) is 5.74. The van der Waals surface area contributed by atoms with Crippen LogP contribution in [0.15, 0.2) is 60.2 Å². The summed E-state index contributed by atoms with van der Waals surface area (Å²) in [5, 5.41) is 5.74. The molecule has 174 valence electrons. The van der Waals surface area contributed by atoms with Crippen LogP contribution in [0.1, 0.15) is 55.5 Å². The van der Waals surface area contributed by atoms with Gasteiger partial charge in [-0.05, 0) is 74.6 Å². The van der Waals surface area contributed by atoms with Crippen molar-refractivity contribution in [1.82, 2.24) is 5.32 Å². The normalized spacial score (nSPS) is 13.9. The highest BCUT2D eigenvalue weighted by Crippen LogP contribution is 2.30. The Morgan fingerprint density at radius 1 is 1.00 bits per heavy atom. The first-order valence-electron chi connectivity index (χ1n) is 11.3. The molecule has 1 saturated carbocycles. The molecule has 1 aliphatic carbocycles. The number of rotatable bonds is 8. The number of nitrogens with one attached hydrogen (secondary N) is 2. The number of hydrogen-bond donors (Lipinski definition) is 2. The lowest BCUT2D eigenvalue weighted by Crippen LogP contribution is -2.22. The highest BCUT2D eigenvalue weighted by molar-refractivity contribution is 5.99. The van der Waals surface area contributed by atoms with E-state index in [0.717, 1.165) is 11.1 Å². The zero-order chi connectivity index (χ0) is 23.6. The maximum Gasteiger partial charge on any atom is 0.513 e. The van der Waals surface area contributed by atoms with Gasteiger partial charge in [-0.1, -0.05) is 30.5 Å². The number of carbonyl (C=O) groups is 3. The lowest BCUT2D eigenvalue weighted by Gasteiger charge is -2.10. The lowest BCUT2D eigenvalue weighted by molar-refractivity contribution is -0.112. The fourth-order valence-electron chi connectivity index (χ4n) is 3.79. The molecule has 0 atom stereocenters. The van der Waals surface area contributed by atoms with Crippen LogP contribution in [0.3, 0.4) is 0 Å². The summed E-state index contributed by atoms with van der Waals surface area (Å²) in [6.45, 7) is 4.29. The van der Waals surface area contributed by atoms with Gasteiger partial charge < -0.3 is 20.1 Å². The predicted octanol–water partition coefficient (Wildman–Crippen LogP) is 5.23. The third-order valence-corrected chi connectivity index (χ3v) is 5.61. The monoisotopic (exact) mass is 450 g/mol. The van der Waals surface area contributed by atoms with Gasteiger partial charge in [-0.2, -0.15) is 0 Å². The van der Waals surface area contributed by atoms with Crippen molar-refractivity contribution in [2.24, 2.45) is 5.92 Å². The van der Waals surface area contributed by atoms with Crippen molar-refractivity contribution < 1.29 is 23.9 Å². The van der Waals surface area contributed by atoms with Crippen molar-refractivity contribution in [2.75, 3.05) is 11.9 Å². The van der Waals surface area contributed by atoms with Gasteiger partial charge in [0.2, 0.25) is 5.91 Å². The molecule has 1 fully saturated rings. The molecule has 2 amide bonds. The molecule has 0 radical (unpaired) electrons. The summed E-state index contributed by atoms with van der Waals surface area (Å²) >= 11 is 0. The Balaban J connectivity index is 1.46. The van der Waals surface area contributed by atoms with Gasteiger partial charge in [0.25, 0.3) is 5.91 Å². The van der Waals surface area contributed by atoms with Crippen LogP contribution < -0.4 is 15.4 Å². The van der Waals surface area contributed by atoms with E-state index in [1.54, 1.807) is 25.1 Å². The predicted molar refractivity (Wildman–Crippen MR) is 126 cm³/mol. The minimum Gasteiger partial charge on any atom is -0.434 e. The van der Waals surface area contributed by atoms with Gasteiger partial charge in [-0.25, -0.2) is 4.79 Å². The van der Waals surface area contributed by atoms with E-state index in [9.17, 15) is 14.4 Å². The Bertz CT molecular complexity index is 990. The minimum absolute atomic E-state index is 0.115. The third-order valence-electron chi connectivity index (χ3n) is 5.61. The van der Waals surface area contributed by atoms with Crippen LogP contribution in [0, 0.1) is 5.92 Å². The fraction of sp³-hybridized carbons (Fsp3) is 0.346. The summed E-state index contributed by atoms with van der Waals surface area (Å²) in [6, 6.07) is 13.6. The molecular formula is C26H30N2O5. The molecule has 3 rings (SSSR count). The van der Waals surface area contributed by atoms with Crippen LogP contribution >= 0.6 is 0 Å². The minimum atomic E-state index is -0.783. The van der Waals surface area contributed by atoms with Crippen molar-refractivity contribution in [2.45, 2.75) is 46.1 Å². The molecule has 33 heavy (non-hydrogen) atoms. The number of anilines is 1. The van der Waals surface area contributed by atoms with E-state index in [4.69, 9.17) is 9.47 Å². The van der Waals surface area contributed by atoms with Crippen LogP contribution in [0.4, 0.5) is 10.5 Å². The Labute approximate surface area is 194 Å². The van der Waals surface area contributed by atoms with Gasteiger partial charge in [0, 0.05) is 23.9 Å². The van der Waals surface area contributed by atoms with E-state index in [-0.39, 0.29) is 18.4 Å². The van der Waals surface area contributed by atoms with Crippen LogP contribution in [0.2, 0.25) is 0 Å². The topological polar surface area (TPSA) is 93.7 Å². The Kier molecular flexibility index (Phi) is 8.63. The van der Waals surface area contributed by atoms with Crippen molar-refractivity contribution in [3.05, 3.63) is 71.3 Å². The zero-order valence-corrected chi connectivity index (χ0v) is 19.1. The molecule has 0 heterocycles. The molecule has 0 unspecified atom stereocenters. The highest BCUT2D eigenvalue weighted by Gasteiger charge is 2.17. The summed E-state index contributed by atoms with van der Waals surface area (Å²) in [5.74, 6) is 0.470. The van der Waals surface area contributed by atoms with E-state index >= 15 is 0 Å². The van der Waals surface area contributed by atoms with Crippen molar-refractivity contribution in [3.8, 4) is 5.75 Å². The number of amides is 2. The smallest absolute Gasteiger partial charge is 0.434 e. The third kappa shape index (κ3) is 7.49. The number of hydrogen-bond acceptors (Lipinski definition) is 5. The number of benzene rings is 2. The second kappa shape index (κ2) is 11.9. The molecule has 2 N–H and O–H groups in total. The van der Waals surface area contributed by atoms with Gasteiger partial charge in [0.1, 0.15) is 5.75 Å². The summed E-state index contributed by atoms with van der Waals surface area (Å²) in [7, 11) is 0. The van der Waals surface area contributed by atoms with Crippen LogP contribution in [0.25, 0.3) is 0 Å². The maximum absolute atomic E-state index is 12.4. The molecule has 7 heteroatoms. The molecule has 2 aromatic carbocycles. The number of carbonyl (C=O) groups excluding carboxylic acids is 3. The first-order valence-corrected chi connectivity index (χ1v) is 11.3. The SMILES string of the molecule is CCOC(=O)Oc1ccc(C(=O)NCc2ccc(NC(=O)/C=C(\C)C3CCCC3)cc2)cc1. The Morgan fingerprint density at radius 2 is 1.67 bits per heavy atom. The lowest BCUT2D eigenvalue weighted by atomic mass is 9.99. The molecule has 7 nitrogen and oxygen atoms in total. The zero-order valence-electron chi connectivity index (χ0n) is 19.1. The highest BCUT2D eigenvalue weighted by atomic mass is 16.7. The largest absolute Gasteiger partial charge is 0.513 e. The fourth-order valence-corrected chi connectivity index (χ4v) is 3.79. The maximum atomic E-state index is 12.4. The molecular weight excluding hydrogens is 420 g/mol. The van der Waals surface area contributed by atoms with Gasteiger partial charge in [0.15, 0.2) is 0 Å². The first-order chi connectivity index (χ1) is 15.9. The summed E-state index contributed by atoms with van der Waals surface area (Å²) in [4.78, 5) is 36.0. The van der Waals surface area contributed by atoms with Crippen LogP contribution in [-0.4, -0.2) is 24.6 Å². The molecule has 0 aromatic heterocycles. The number of allylic oxidation sites excluding steroid dienone is 1. The average Bonchev–Trinajstić information content (AvgIpc) is 3.34. The van der Waals surface area contributed by atoms with Crippen molar-refractivity contribution in [1.29, 1.82) is 0 Å². The van der Waals surface area contributed by atoms with Gasteiger partial charge in [-0.3, -0.25) is 9.59 Å². The second-order valence-electron chi connectivity index (χ2n) is 8.05. The van der Waals surface area contributed by atoms with Gasteiger partial charge in [0.05, 0.1) is 6.61 Å². The molecule has 0 aliphatic heterocycles. The van der Waals surface area contributed by atoms with Gasteiger partial charge in [-0.15, -0.1) is 0 Å². The molecule has 1 aliphatic rings. The van der Waals surface area contributed by atoms with Crippen molar-refractivity contribution >= 4 is 23.7 Å². The number of ether oxygens (including phenoxy) is 2. The van der Waals surface area contributed by atoms with E-state index < -0.39 is 6.16 Å². The van der Waals surface area contributed by atoms with E-state index in [0.29, 0.717) is 29.5 Å². The first kappa shape index (κ1) is 24.0. The average molecular weight is 451 g/mol. The van der Waals surface area contributed by atoms with E-state index in [2.05, 4.69) is 10.6 Å². The van der Waals surface area contributed by atoms with E-state index in [1.807, 2.05) is 31.2 Å². The molecule has 0 spiro atoms. The summed E-state index contributed by atoms with van der Waals surface area (Å²) in [5.41, 5.74) is 3.20. The quantitative estimate of drug-likeness (QED) is 0.326. The van der Waals surface area contributed by atoms with Gasteiger partial charge >= 0.3 is 6.16 Å².